The molecule has 0 spiro atoms. The number of ether oxygens (including phenoxy) is 1. The van der Waals surface area contributed by atoms with Gasteiger partial charge in [-0.3, -0.25) is 4.79 Å². The maximum absolute atomic E-state index is 12.9. The average Bonchev–Trinajstić information content (AvgIpc) is 2.98. The molecular weight excluding hydrogens is 318 g/mol. The zero-order valence-electron chi connectivity index (χ0n) is 15.0. The number of nitrogens with one attached hydrogen (secondary N) is 1. The molecule has 25 heavy (non-hydrogen) atoms. The summed E-state index contributed by atoms with van der Waals surface area (Å²) < 4.78 is 7.06. The summed E-state index contributed by atoms with van der Waals surface area (Å²) in [7, 11) is 1.64. The van der Waals surface area contributed by atoms with Crippen molar-refractivity contribution >= 4 is 5.91 Å². The molecule has 2 heterocycles. The predicted octanol–water partition coefficient (Wildman–Crippen LogP) is 1.53. The Morgan fingerprint density at radius 2 is 2.04 bits per heavy atom. The molecule has 1 aromatic heterocycles. The molecule has 2 aliphatic carbocycles. The van der Waals surface area contributed by atoms with E-state index in [0.29, 0.717) is 30.3 Å². The van der Waals surface area contributed by atoms with Crippen LogP contribution in [0.2, 0.25) is 0 Å². The van der Waals surface area contributed by atoms with Crippen LogP contribution >= 0.6 is 0 Å². The van der Waals surface area contributed by atoms with Crippen LogP contribution in [-0.2, 0) is 22.7 Å². The summed E-state index contributed by atoms with van der Waals surface area (Å²) in [5, 5.41) is 7.74. The van der Waals surface area contributed by atoms with Crippen LogP contribution in [-0.4, -0.2) is 33.8 Å². The molecule has 3 N–H and O–H groups in total. The highest BCUT2D eigenvalue weighted by Crippen LogP contribution is 2.42. The number of carbonyl (C=O) groups excluding carboxylic acids is 1. The van der Waals surface area contributed by atoms with Gasteiger partial charge in [0.15, 0.2) is 5.82 Å². The van der Waals surface area contributed by atoms with E-state index >= 15 is 0 Å². The Kier molecular flexibility index (Phi) is 4.78. The molecule has 7 heteroatoms. The molecule has 0 aromatic carbocycles. The van der Waals surface area contributed by atoms with E-state index in [1.165, 1.54) is 19.3 Å². The van der Waals surface area contributed by atoms with E-state index in [9.17, 15) is 4.79 Å². The molecule has 2 bridgehead atoms. The Labute approximate surface area is 148 Å². The summed E-state index contributed by atoms with van der Waals surface area (Å²) in [6.45, 7) is 1.27. The second kappa shape index (κ2) is 7.03. The van der Waals surface area contributed by atoms with Gasteiger partial charge in [0.2, 0.25) is 5.91 Å². The van der Waals surface area contributed by atoms with Gasteiger partial charge in [0.25, 0.3) is 0 Å². The first kappa shape index (κ1) is 17.0. The number of methoxy groups -OCH3 is 1. The number of aromatic nitrogens is 3. The van der Waals surface area contributed by atoms with Crippen molar-refractivity contribution in [2.75, 3.05) is 7.11 Å². The van der Waals surface area contributed by atoms with Crippen molar-refractivity contribution in [2.45, 2.75) is 70.2 Å². The van der Waals surface area contributed by atoms with Gasteiger partial charge in [0, 0.05) is 25.6 Å². The average molecular weight is 347 g/mol. The second-order valence-corrected chi connectivity index (χ2v) is 7.94. The molecule has 3 unspecified atom stereocenters. The van der Waals surface area contributed by atoms with E-state index in [1.54, 1.807) is 7.11 Å². The van der Waals surface area contributed by atoms with Crippen LogP contribution < -0.4 is 11.1 Å². The van der Waals surface area contributed by atoms with E-state index in [-0.39, 0.29) is 17.9 Å². The van der Waals surface area contributed by atoms with Crippen molar-refractivity contribution in [3.8, 4) is 0 Å². The third-order valence-electron chi connectivity index (χ3n) is 6.29. The quantitative estimate of drug-likeness (QED) is 0.861. The van der Waals surface area contributed by atoms with Crippen molar-refractivity contribution in [1.82, 2.24) is 20.1 Å². The molecule has 2 saturated carbocycles. The van der Waals surface area contributed by atoms with Crippen LogP contribution in [0.25, 0.3) is 0 Å². The number of fused-ring (bicyclic) bond motifs is 3. The fourth-order valence-corrected chi connectivity index (χ4v) is 5.02. The number of hydrogen-bond acceptors (Lipinski definition) is 5. The van der Waals surface area contributed by atoms with Gasteiger partial charge in [0.1, 0.15) is 12.4 Å². The highest BCUT2D eigenvalue weighted by molar-refractivity contribution is 5.79. The molecule has 1 aliphatic heterocycles. The monoisotopic (exact) mass is 347 g/mol. The van der Waals surface area contributed by atoms with Gasteiger partial charge in [-0.1, -0.05) is 6.42 Å². The van der Waals surface area contributed by atoms with Crippen LogP contribution in [0.4, 0.5) is 0 Å². The molecule has 3 atom stereocenters. The summed E-state index contributed by atoms with van der Waals surface area (Å²) >= 11 is 0. The van der Waals surface area contributed by atoms with Gasteiger partial charge in [-0.15, -0.1) is 0 Å². The third-order valence-corrected chi connectivity index (χ3v) is 6.29. The molecule has 138 valence electrons. The second-order valence-electron chi connectivity index (χ2n) is 7.94. The number of rotatable bonds is 4. The fraction of sp³-hybridized carbons (Fsp3) is 0.833. The first-order chi connectivity index (χ1) is 12.2. The fourth-order valence-electron chi connectivity index (χ4n) is 5.02. The lowest BCUT2D eigenvalue weighted by atomic mass is 9.65. The molecule has 2 fully saturated rings. The smallest absolute Gasteiger partial charge is 0.223 e. The highest BCUT2D eigenvalue weighted by Gasteiger charge is 2.41. The maximum Gasteiger partial charge on any atom is 0.223 e. The Balaban J connectivity index is 1.43. The Morgan fingerprint density at radius 1 is 1.28 bits per heavy atom. The third kappa shape index (κ3) is 3.31. The minimum atomic E-state index is -0.0326. The zero-order valence-corrected chi connectivity index (χ0v) is 15.0. The Bertz CT molecular complexity index is 617. The van der Waals surface area contributed by atoms with Gasteiger partial charge in [-0.05, 0) is 50.4 Å². The topological polar surface area (TPSA) is 95.1 Å². The number of aryl methyl sites for hydroxylation is 1. The lowest BCUT2D eigenvalue weighted by molar-refractivity contribution is -0.128. The Hall–Kier alpha value is -1.47. The number of carbonyl (C=O) groups is 1. The predicted molar refractivity (Wildman–Crippen MR) is 92.4 cm³/mol. The minimum absolute atomic E-state index is 0.0326. The molecular formula is C18H29N5O2. The summed E-state index contributed by atoms with van der Waals surface area (Å²) in [5.41, 5.74) is 6.36. The first-order valence-electron chi connectivity index (χ1n) is 9.64. The zero-order chi connectivity index (χ0) is 17.4. The SMILES string of the molecule is COCc1nc2n(n1)CCCC2NC(=O)C1CC2CCCC(C1)C2N. The summed E-state index contributed by atoms with van der Waals surface area (Å²) in [5.74, 6) is 2.89. The van der Waals surface area contributed by atoms with Crippen LogP contribution in [0.15, 0.2) is 0 Å². The van der Waals surface area contributed by atoms with E-state index in [2.05, 4.69) is 15.4 Å². The standard InChI is InChI=1S/C18H29N5O2/c1-25-10-15-21-17-14(6-3-7-23(17)22-15)20-18(24)13-8-11-4-2-5-12(9-13)16(11)19/h11-14,16H,2-10,19H2,1H3,(H,20,24). The van der Waals surface area contributed by atoms with Crippen molar-refractivity contribution in [2.24, 2.45) is 23.5 Å². The highest BCUT2D eigenvalue weighted by atomic mass is 16.5. The number of nitrogens with two attached hydrogens (primary N) is 1. The summed E-state index contributed by atoms with van der Waals surface area (Å²) in [4.78, 5) is 17.5. The first-order valence-corrected chi connectivity index (χ1v) is 9.64. The van der Waals surface area contributed by atoms with Crippen LogP contribution in [0.1, 0.15) is 62.6 Å². The van der Waals surface area contributed by atoms with Gasteiger partial charge in [-0.25, -0.2) is 9.67 Å². The van der Waals surface area contributed by atoms with E-state index < -0.39 is 0 Å². The summed E-state index contributed by atoms with van der Waals surface area (Å²) in [6.07, 6.45) is 7.45. The molecule has 7 nitrogen and oxygen atoms in total. The van der Waals surface area contributed by atoms with Gasteiger partial charge < -0.3 is 15.8 Å². The maximum atomic E-state index is 12.9. The lowest BCUT2D eigenvalue weighted by Gasteiger charge is -2.43. The largest absolute Gasteiger partial charge is 0.377 e. The van der Waals surface area contributed by atoms with Crippen molar-refractivity contribution in [3.05, 3.63) is 11.6 Å². The molecule has 1 amide bonds. The molecule has 4 rings (SSSR count). The van der Waals surface area contributed by atoms with Gasteiger partial charge in [0.05, 0.1) is 6.04 Å². The lowest BCUT2D eigenvalue weighted by Crippen LogP contribution is -2.49. The minimum Gasteiger partial charge on any atom is -0.377 e. The van der Waals surface area contributed by atoms with E-state index in [4.69, 9.17) is 10.5 Å². The van der Waals surface area contributed by atoms with Gasteiger partial charge >= 0.3 is 0 Å². The van der Waals surface area contributed by atoms with Crippen molar-refractivity contribution < 1.29 is 9.53 Å². The van der Waals surface area contributed by atoms with E-state index in [1.807, 2.05) is 4.68 Å². The number of hydrogen-bond donors (Lipinski definition) is 2. The normalized spacial score (nSPS) is 34.4. The molecule has 1 aromatic rings. The van der Waals surface area contributed by atoms with E-state index in [0.717, 1.165) is 38.1 Å². The summed E-state index contributed by atoms with van der Waals surface area (Å²) in [6, 6.07) is 0.266. The molecule has 3 aliphatic rings. The van der Waals surface area contributed by atoms with Crippen LogP contribution in [0.5, 0.6) is 0 Å². The number of nitrogens with zero attached hydrogens (tertiary/aromatic N) is 3. The molecule has 0 radical (unpaired) electrons. The molecule has 0 saturated heterocycles. The van der Waals surface area contributed by atoms with Crippen molar-refractivity contribution in [3.63, 3.8) is 0 Å². The van der Waals surface area contributed by atoms with Crippen LogP contribution in [0.3, 0.4) is 0 Å². The van der Waals surface area contributed by atoms with Gasteiger partial charge in [-0.2, -0.15) is 5.10 Å². The Morgan fingerprint density at radius 3 is 2.76 bits per heavy atom. The van der Waals surface area contributed by atoms with Crippen LogP contribution in [0, 0.1) is 17.8 Å². The van der Waals surface area contributed by atoms with Crippen molar-refractivity contribution in [1.29, 1.82) is 0 Å². The number of amides is 1.